The van der Waals surface area contributed by atoms with Gasteiger partial charge in [-0.3, -0.25) is 9.69 Å². The smallest absolute Gasteiger partial charge is 0.151 e. The number of rotatable bonds is 2. The number of ketones is 1. The van der Waals surface area contributed by atoms with Crippen LogP contribution in [-0.4, -0.2) is 30.3 Å². The maximum atomic E-state index is 13.4. The molecule has 1 saturated heterocycles. The first-order valence-electron chi connectivity index (χ1n) is 5.25. The van der Waals surface area contributed by atoms with Crippen LogP contribution < -0.4 is 0 Å². The Morgan fingerprint density at radius 3 is 2.81 bits per heavy atom. The predicted octanol–water partition coefficient (Wildman–Crippen LogP) is 1.78. The van der Waals surface area contributed by atoms with E-state index in [1.807, 2.05) is 11.9 Å². The molecular formula is C12H13F2NO. The van der Waals surface area contributed by atoms with Crippen molar-refractivity contribution in [1.29, 1.82) is 0 Å². The molecule has 0 aliphatic carbocycles. The van der Waals surface area contributed by atoms with Gasteiger partial charge in [0.2, 0.25) is 0 Å². The molecule has 1 atom stereocenters. The molecular weight excluding hydrogens is 212 g/mol. The first-order valence-corrected chi connectivity index (χ1v) is 5.25. The summed E-state index contributed by atoms with van der Waals surface area (Å²) in [5.74, 6) is -0.815. The van der Waals surface area contributed by atoms with Gasteiger partial charge in [0.1, 0.15) is 11.6 Å². The lowest BCUT2D eigenvalue weighted by atomic mass is 10.0. The van der Waals surface area contributed by atoms with Gasteiger partial charge in [-0.05, 0) is 37.2 Å². The molecule has 0 spiro atoms. The van der Waals surface area contributed by atoms with E-state index in [-0.39, 0.29) is 23.8 Å². The third kappa shape index (κ3) is 2.11. The van der Waals surface area contributed by atoms with Crippen LogP contribution in [0.15, 0.2) is 18.2 Å². The van der Waals surface area contributed by atoms with Crippen molar-refractivity contribution in [2.24, 2.45) is 0 Å². The summed E-state index contributed by atoms with van der Waals surface area (Å²) in [5, 5.41) is 0. The predicted molar refractivity (Wildman–Crippen MR) is 56.1 cm³/mol. The van der Waals surface area contributed by atoms with Crippen molar-refractivity contribution in [2.75, 3.05) is 13.6 Å². The number of carbonyl (C=O) groups excluding carboxylic acids is 1. The number of carbonyl (C=O) groups is 1. The standard InChI is InChI=1S/C12H13F2NO/c1-15-5-4-12(16)11(15)7-8-6-9(13)2-3-10(8)14/h2-3,6,11H,4-5,7H2,1H3. The van der Waals surface area contributed by atoms with Gasteiger partial charge in [0.15, 0.2) is 5.78 Å². The molecule has 0 amide bonds. The molecule has 0 bridgehead atoms. The highest BCUT2D eigenvalue weighted by Gasteiger charge is 2.30. The van der Waals surface area contributed by atoms with Crippen LogP contribution >= 0.6 is 0 Å². The number of likely N-dealkylation sites (tertiary alicyclic amines) is 1. The third-order valence-corrected chi connectivity index (χ3v) is 3.04. The molecule has 16 heavy (non-hydrogen) atoms. The molecule has 86 valence electrons. The number of benzene rings is 1. The Labute approximate surface area is 92.9 Å². The van der Waals surface area contributed by atoms with Crippen molar-refractivity contribution >= 4 is 5.78 Å². The van der Waals surface area contributed by atoms with Crippen LogP contribution in [0.25, 0.3) is 0 Å². The van der Waals surface area contributed by atoms with E-state index in [4.69, 9.17) is 0 Å². The van der Waals surface area contributed by atoms with Crippen LogP contribution in [0.1, 0.15) is 12.0 Å². The summed E-state index contributed by atoms with van der Waals surface area (Å²) in [7, 11) is 1.83. The number of hydrogen-bond donors (Lipinski definition) is 0. The number of Topliss-reactive ketones (excluding diaryl/α,β-unsaturated/α-hetero) is 1. The quantitative estimate of drug-likeness (QED) is 0.764. The first-order chi connectivity index (χ1) is 7.58. The number of halogens is 2. The minimum atomic E-state index is -0.468. The summed E-state index contributed by atoms with van der Waals surface area (Å²) >= 11 is 0. The van der Waals surface area contributed by atoms with Crippen LogP contribution in [0.4, 0.5) is 8.78 Å². The van der Waals surface area contributed by atoms with E-state index in [1.54, 1.807) is 0 Å². The minimum absolute atomic E-state index is 0.103. The minimum Gasteiger partial charge on any atom is -0.298 e. The van der Waals surface area contributed by atoms with Gasteiger partial charge in [0.25, 0.3) is 0 Å². The molecule has 1 aliphatic rings. The molecule has 0 saturated carbocycles. The SMILES string of the molecule is CN1CCC(=O)C1Cc1cc(F)ccc1F. The second-order valence-corrected chi connectivity index (χ2v) is 4.15. The van der Waals surface area contributed by atoms with E-state index in [0.717, 1.165) is 18.2 Å². The van der Waals surface area contributed by atoms with Crippen molar-refractivity contribution in [3.8, 4) is 0 Å². The molecule has 2 rings (SSSR count). The van der Waals surface area contributed by atoms with Gasteiger partial charge in [-0.1, -0.05) is 0 Å². The van der Waals surface area contributed by atoms with Crippen LogP contribution in [0.5, 0.6) is 0 Å². The fraction of sp³-hybridized carbons (Fsp3) is 0.417. The maximum Gasteiger partial charge on any atom is 0.151 e. The average molecular weight is 225 g/mol. The zero-order valence-corrected chi connectivity index (χ0v) is 9.04. The monoisotopic (exact) mass is 225 g/mol. The van der Waals surface area contributed by atoms with Crippen LogP contribution in [0.2, 0.25) is 0 Å². The molecule has 4 heteroatoms. The fourth-order valence-electron chi connectivity index (χ4n) is 2.03. The van der Waals surface area contributed by atoms with E-state index in [0.29, 0.717) is 13.0 Å². The second kappa shape index (κ2) is 4.29. The fourth-order valence-corrected chi connectivity index (χ4v) is 2.03. The van der Waals surface area contributed by atoms with E-state index >= 15 is 0 Å². The number of hydrogen-bond acceptors (Lipinski definition) is 2. The average Bonchev–Trinajstić information content (AvgIpc) is 2.55. The summed E-state index contributed by atoms with van der Waals surface area (Å²) < 4.78 is 26.3. The molecule has 1 fully saturated rings. The Morgan fingerprint density at radius 2 is 2.19 bits per heavy atom. The largest absolute Gasteiger partial charge is 0.298 e. The molecule has 1 aromatic rings. The van der Waals surface area contributed by atoms with Crippen LogP contribution in [0.3, 0.4) is 0 Å². The lowest BCUT2D eigenvalue weighted by molar-refractivity contribution is -0.119. The lowest BCUT2D eigenvalue weighted by Crippen LogP contribution is -2.31. The first kappa shape index (κ1) is 11.2. The molecule has 1 aromatic carbocycles. The summed E-state index contributed by atoms with van der Waals surface area (Å²) in [6.45, 7) is 0.695. The molecule has 2 nitrogen and oxygen atoms in total. The van der Waals surface area contributed by atoms with Crippen LogP contribution in [0, 0.1) is 11.6 Å². The number of likely N-dealkylation sites (N-methyl/N-ethyl adjacent to an activating group) is 1. The van der Waals surface area contributed by atoms with E-state index in [9.17, 15) is 13.6 Å². The van der Waals surface area contributed by atoms with Gasteiger partial charge in [-0.15, -0.1) is 0 Å². The van der Waals surface area contributed by atoms with Crippen molar-refractivity contribution in [3.05, 3.63) is 35.4 Å². The van der Waals surface area contributed by atoms with Gasteiger partial charge in [-0.25, -0.2) is 8.78 Å². The Morgan fingerprint density at radius 1 is 1.44 bits per heavy atom. The summed E-state index contributed by atoms with van der Waals surface area (Å²) in [4.78, 5) is 13.4. The maximum absolute atomic E-state index is 13.4. The molecule has 0 radical (unpaired) electrons. The highest BCUT2D eigenvalue weighted by atomic mass is 19.1. The Bertz CT molecular complexity index is 419. The second-order valence-electron chi connectivity index (χ2n) is 4.15. The molecule has 0 N–H and O–H groups in total. The van der Waals surface area contributed by atoms with Gasteiger partial charge in [-0.2, -0.15) is 0 Å². The van der Waals surface area contributed by atoms with Crippen molar-refractivity contribution in [1.82, 2.24) is 4.90 Å². The van der Waals surface area contributed by atoms with Gasteiger partial charge < -0.3 is 0 Å². The Balaban J connectivity index is 2.20. The summed E-state index contributed by atoms with van der Waals surface area (Å²) in [6, 6.07) is 3.04. The third-order valence-electron chi connectivity index (χ3n) is 3.04. The summed E-state index contributed by atoms with van der Waals surface area (Å²) in [5.41, 5.74) is 0.270. The number of nitrogens with zero attached hydrogens (tertiary/aromatic N) is 1. The molecule has 0 aromatic heterocycles. The topological polar surface area (TPSA) is 20.3 Å². The van der Waals surface area contributed by atoms with E-state index in [2.05, 4.69) is 0 Å². The van der Waals surface area contributed by atoms with Crippen LogP contribution in [-0.2, 0) is 11.2 Å². The zero-order chi connectivity index (χ0) is 11.7. The van der Waals surface area contributed by atoms with Gasteiger partial charge in [0.05, 0.1) is 6.04 Å². The molecule has 1 aliphatic heterocycles. The Kier molecular flexibility index (Phi) is 3.01. The van der Waals surface area contributed by atoms with E-state index < -0.39 is 11.6 Å². The van der Waals surface area contributed by atoms with Crippen molar-refractivity contribution in [2.45, 2.75) is 18.9 Å². The highest BCUT2D eigenvalue weighted by Crippen LogP contribution is 2.19. The zero-order valence-electron chi connectivity index (χ0n) is 9.04. The van der Waals surface area contributed by atoms with Crippen molar-refractivity contribution in [3.63, 3.8) is 0 Å². The van der Waals surface area contributed by atoms with E-state index in [1.165, 1.54) is 0 Å². The molecule has 1 unspecified atom stereocenters. The Hall–Kier alpha value is -1.29. The van der Waals surface area contributed by atoms with Crippen molar-refractivity contribution < 1.29 is 13.6 Å². The normalized spacial score (nSPS) is 21.7. The highest BCUT2D eigenvalue weighted by molar-refractivity contribution is 5.86. The lowest BCUT2D eigenvalue weighted by Gasteiger charge is -2.18. The molecule has 1 heterocycles. The van der Waals surface area contributed by atoms with Gasteiger partial charge in [0, 0.05) is 13.0 Å². The van der Waals surface area contributed by atoms with Gasteiger partial charge >= 0.3 is 0 Å². The summed E-state index contributed by atoms with van der Waals surface area (Å²) in [6.07, 6.45) is 0.747.